The van der Waals surface area contributed by atoms with Crippen LogP contribution in [0.15, 0.2) is 11.6 Å². The van der Waals surface area contributed by atoms with Gasteiger partial charge in [0.2, 0.25) is 5.91 Å². The summed E-state index contributed by atoms with van der Waals surface area (Å²) >= 11 is 0. The summed E-state index contributed by atoms with van der Waals surface area (Å²) in [6.07, 6.45) is 1.31. The lowest BCUT2D eigenvalue weighted by Crippen LogP contribution is -2.41. The Labute approximate surface area is 124 Å². The number of nitrogens with one attached hydrogen (secondary N) is 1. The molecule has 2 atom stereocenters. The van der Waals surface area contributed by atoms with Crippen LogP contribution in [0.5, 0.6) is 0 Å². The normalized spacial score (nSPS) is 13.2. The van der Waals surface area contributed by atoms with E-state index in [9.17, 15) is 14.4 Å². The molecule has 1 amide bonds. The number of amides is 1. The van der Waals surface area contributed by atoms with E-state index >= 15 is 0 Å². The largest absolute Gasteiger partial charge is 0.480 e. The van der Waals surface area contributed by atoms with Gasteiger partial charge in [-0.1, -0.05) is 27.2 Å². The van der Waals surface area contributed by atoms with E-state index in [0.29, 0.717) is 0 Å². The quantitative estimate of drug-likeness (QED) is 0.271. The van der Waals surface area contributed by atoms with Gasteiger partial charge in [-0.3, -0.25) is 9.59 Å². The van der Waals surface area contributed by atoms with Crippen molar-refractivity contribution in [2.24, 2.45) is 5.73 Å². The molecule has 0 aromatic carbocycles. The molecular weight excluding hydrogens is 304 g/mol. The molecule has 0 saturated carbocycles. The van der Waals surface area contributed by atoms with E-state index in [1.165, 1.54) is 6.08 Å². The van der Waals surface area contributed by atoms with Gasteiger partial charge < -0.3 is 21.3 Å². The van der Waals surface area contributed by atoms with Crippen LogP contribution in [-0.2, 0) is 14.4 Å². The maximum atomic E-state index is 11.4. The summed E-state index contributed by atoms with van der Waals surface area (Å²) in [4.78, 5) is 32.9. The first-order valence-electron chi connectivity index (χ1n) is 5.65. The minimum absolute atomic E-state index is 0.120. The average Bonchev–Trinajstić information content (AvgIpc) is 2.31. The van der Waals surface area contributed by atoms with Crippen LogP contribution in [0.2, 0.25) is 0 Å². The van der Waals surface area contributed by atoms with E-state index in [1.54, 1.807) is 13.8 Å². The summed E-state index contributed by atoms with van der Waals surface area (Å²) in [5, 5.41) is 19.9. The van der Waals surface area contributed by atoms with E-state index in [1.807, 2.05) is 0 Å². The summed E-state index contributed by atoms with van der Waals surface area (Å²) in [7, 11) is 2.31. The molecule has 0 aliphatic rings. The maximum Gasteiger partial charge on any atom is 0.327 e. The highest BCUT2D eigenvalue weighted by atomic mass is 33.1. The molecule has 0 aliphatic carbocycles. The van der Waals surface area contributed by atoms with Gasteiger partial charge in [-0.05, 0) is 13.8 Å². The molecule has 0 aromatic heterocycles. The van der Waals surface area contributed by atoms with Crippen LogP contribution in [0.4, 0.5) is 0 Å². The zero-order chi connectivity index (χ0) is 15.7. The zero-order valence-corrected chi connectivity index (χ0v) is 12.8. The number of aliphatic carboxylic acids is 2. The number of nitrogens with two attached hydrogens (primary N) is 1. The molecule has 20 heavy (non-hydrogen) atoms. The van der Waals surface area contributed by atoms with E-state index in [-0.39, 0.29) is 11.5 Å². The van der Waals surface area contributed by atoms with Crippen LogP contribution in [0.1, 0.15) is 13.8 Å². The van der Waals surface area contributed by atoms with E-state index in [0.717, 1.165) is 27.2 Å². The van der Waals surface area contributed by atoms with Crippen molar-refractivity contribution >= 4 is 39.4 Å². The number of hydrogen-bond acceptors (Lipinski definition) is 6. The van der Waals surface area contributed by atoms with Gasteiger partial charge >= 0.3 is 11.9 Å². The minimum atomic E-state index is -1.14. The predicted molar refractivity (Wildman–Crippen MR) is 79.5 cm³/mol. The van der Waals surface area contributed by atoms with E-state index < -0.39 is 29.9 Å². The van der Waals surface area contributed by atoms with Gasteiger partial charge in [-0.15, -0.1) is 0 Å². The van der Waals surface area contributed by atoms with Crippen LogP contribution in [-0.4, -0.2) is 51.6 Å². The third kappa shape index (κ3) is 8.83. The lowest BCUT2D eigenvalue weighted by atomic mass is 10.3. The van der Waals surface area contributed by atoms with Crippen molar-refractivity contribution in [3.63, 3.8) is 0 Å². The number of carboxylic acids is 2. The van der Waals surface area contributed by atoms with E-state index in [4.69, 9.17) is 15.9 Å². The number of carboxylic acid groups (broad SMARTS) is 2. The maximum absolute atomic E-state index is 11.4. The Morgan fingerprint density at radius 1 is 1.15 bits per heavy atom. The first kappa shape index (κ1) is 18.8. The summed E-state index contributed by atoms with van der Waals surface area (Å²) in [5.74, 6) is -2.44. The Bertz CT molecular complexity index is 396. The van der Waals surface area contributed by atoms with Crippen molar-refractivity contribution in [3.05, 3.63) is 11.6 Å². The molecule has 0 aromatic rings. The highest BCUT2D eigenvalue weighted by Gasteiger charge is 2.20. The Balaban J connectivity index is 4.17. The number of carbonyl (C=O) groups excluding carboxylic acids is 1. The number of carbonyl (C=O) groups is 3. The topological polar surface area (TPSA) is 130 Å². The zero-order valence-electron chi connectivity index (χ0n) is 11.2. The number of rotatable bonds is 9. The van der Waals surface area contributed by atoms with Gasteiger partial charge in [0.15, 0.2) is 0 Å². The monoisotopic (exact) mass is 322 g/mol. The summed E-state index contributed by atoms with van der Waals surface area (Å²) in [6.45, 7) is 3.46. The number of allylic oxidation sites excluding steroid dienone is 1. The third-order valence-corrected chi connectivity index (χ3v) is 4.36. The minimum Gasteiger partial charge on any atom is -0.480 e. The molecule has 5 N–H and O–H groups in total. The van der Waals surface area contributed by atoms with Crippen LogP contribution < -0.4 is 11.1 Å². The fourth-order valence-corrected chi connectivity index (χ4v) is 3.23. The smallest absolute Gasteiger partial charge is 0.327 e. The molecule has 0 aliphatic heterocycles. The van der Waals surface area contributed by atoms with Crippen LogP contribution in [0.3, 0.4) is 0 Å². The second-order valence-corrected chi connectivity index (χ2v) is 6.69. The van der Waals surface area contributed by atoms with E-state index in [2.05, 4.69) is 5.32 Å². The molecule has 0 radical (unpaired) electrons. The van der Waals surface area contributed by atoms with Crippen molar-refractivity contribution < 1.29 is 24.6 Å². The van der Waals surface area contributed by atoms with Crippen LogP contribution in [0, 0.1) is 0 Å². The van der Waals surface area contributed by atoms with Crippen LogP contribution in [0.25, 0.3) is 0 Å². The van der Waals surface area contributed by atoms with Gasteiger partial charge in [0.1, 0.15) is 12.1 Å². The summed E-state index contributed by atoms with van der Waals surface area (Å²) in [5.41, 5.74) is 6.07. The summed E-state index contributed by atoms with van der Waals surface area (Å²) < 4.78 is 0. The molecule has 0 saturated heterocycles. The second kappa shape index (κ2) is 9.67. The lowest BCUT2D eigenvalue weighted by molar-refractivity contribution is -0.140. The second-order valence-electron chi connectivity index (χ2n) is 4.13. The first-order valence-corrected chi connectivity index (χ1v) is 8.13. The molecule has 0 fully saturated rings. The van der Waals surface area contributed by atoms with Gasteiger partial charge in [0.05, 0.1) is 0 Å². The third-order valence-electron chi connectivity index (χ3n) is 1.92. The molecule has 7 nitrogen and oxygen atoms in total. The van der Waals surface area contributed by atoms with Gasteiger partial charge in [0.25, 0.3) is 0 Å². The Morgan fingerprint density at radius 3 is 2.15 bits per heavy atom. The fourth-order valence-electron chi connectivity index (χ4n) is 0.959. The molecule has 114 valence electrons. The first-order chi connectivity index (χ1) is 9.23. The molecule has 0 heterocycles. The van der Waals surface area contributed by atoms with Crippen molar-refractivity contribution in [1.29, 1.82) is 0 Å². The van der Waals surface area contributed by atoms with Crippen LogP contribution >= 0.6 is 21.6 Å². The Hall–Kier alpha value is -1.19. The fraction of sp³-hybridized carbons (Fsp3) is 0.545. The van der Waals surface area contributed by atoms with Gasteiger partial charge in [-0.2, -0.15) is 0 Å². The predicted octanol–water partition coefficient (Wildman–Crippen LogP) is 0.315. The highest BCUT2D eigenvalue weighted by molar-refractivity contribution is 8.76. The highest BCUT2D eigenvalue weighted by Crippen LogP contribution is 2.22. The molecule has 0 spiro atoms. The standard InChI is InChI=1S/C11H18N2O5S2/c1-6(2)3-9(14)13-8(11(17)18)5-20-19-4-7(12)10(15)16/h3,7-8H,4-5,12H2,1-2H3,(H,13,14)(H,15,16)(H,17,18)/t7-,8-/m0/s1. The lowest BCUT2D eigenvalue weighted by Gasteiger charge is -2.13. The van der Waals surface area contributed by atoms with Crippen molar-refractivity contribution in [1.82, 2.24) is 5.32 Å². The molecule has 0 rings (SSSR count). The Morgan fingerprint density at radius 2 is 1.70 bits per heavy atom. The Kier molecular flexibility index (Phi) is 9.10. The van der Waals surface area contributed by atoms with Gasteiger partial charge in [-0.25, -0.2) is 4.79 Å². The number of hydrogen-bond donors (Lipinski definition) is 4. The molecule has 9 heteroatoms. The van der Waals surface area contributed by atoms with Gasteiger partial charge in [0, 0.05) is 17.6 Å². The van der Waals surface area contributed by atoms with Crippen molar-refractivity contribution in [2.75, 3.05) is 11.5 Å². The molecular formula is C11H18N2O5S2. The SMILES string of the molecule is CC(C)=CC(=O)N[C@@H](CSSC[C@H](N)C(=O)O)C(=O)O. The van der Waals surface area contributed by atoms with Crippen molar-refractivity contribution in [3.8, 4) is 0 Å². The average molecular weight is 322 g/mol. The molecule has 0 unspecified atom stereocenters. The summed E-state index contributed by atoms with van der Waals surface area (Å²) in [6, 6.07) is -2.02. The van der Waals surface area contributed by atoms with Crippen molar-refractivity contribution in [2.45, 2.75) is 25.9 Å². The molecule has 0 bridgehead atoms.